The molecule has 1 heterocycles. The van der Waals surface area contributed by atoms with E-state index in [0.717, 1.165) is 24.0 Å². The van der Waals surface area contributed by atoms with Gasteiger partial charge in [0, 0.05) is 5.39 Å². The molecule has 1 aliphatic rings. The second kappa shape index (κ2) is 9.08. The average molecular weight is 392 g/mol. The summed E-state index contributed by atoms with van der Waals surface area (Å²) in [7, 11) is 0. The van der Waals surface area contributed by atoms with Gasteiger partial charge in [-0.25, -0.2) is 4.79 Å². The Morgan fingerprint density at radius 2 is 1.76 bits per heavy atom. The zero-order valence-electron chi connectivity index (χ0n) is 17.6. The van der Waals surface area contributed by atoms with E-state index >= 15 is 0 Å². The molecule has 0 spiro atoms. The lowest BCUT2D eigenvalue weighted by Crippen LogP contribution is -2.27. The molecule has 0 aliphatic heterocycles. The highest BCUT2D eigenvalue weighted by Crippen LogP contribution is 2.40. The standard InChI is InChI=1S/C23H23NO3.C2H6/c1-14-8-6-13-18-19(14)23(26)27-22(20(18)15(2)25)24-21(17-11-7-12-17)16-9-4-3-5-10-16;1-2/h3-6,8-10,13,17,21,24H,7,11-12H2,1-2H3;1-2H3. The summed E-state index contributed by atoms with van der Waals surface area (Å²) in [5.41, 5.74) is 2.00. The molecule has 0 radical (unpaired) electrons. The van der Waals surface area contributed by atoms with Crippen molar-refractivity contribution in [2.45, 2.75) is 53.0 Å². The number of anilines is 1. The molecule has 0 bridgehead atoms. The maximum absolute atomic E-state index is 12.6. The molecule has 4 nitrogen and oxygen atoms in total. The molecule has 1 unspecified atom stereocenters. The van der Waals surface area contributed by atoms with Gasteiger partial charge < -0.3 is 9.73 Å². The van der Waals surface area contributed by atoms with E-state index in [0.29, 0.717) is 22.3 Å². The van der Waals surface area contributed by atoms with Crippen molar-refractivity contribution in [1.29, 1.82) is 0 Å². The lowest BCUT2D eigenvalue weighted by atomic mass is 9.77. The number of carbonyl (C=O) groups is 1. The summed E-state index contributed by atoms with van der Waals surface area (Å²) in [6.45, 7) is 7.38. The lowest BCUT2D eigenvalue weighted by Gasteiger charge is -2.35. The Kier molecular flexibility index (Phi) is 6.53. The van der Waals surface area contributed by atoms with Crippen LogP contribution in [0.5, 0.6) is 0 Å². The molecular formula is C25H29NO3. The van der Waals surface area contributed by atoms with Crippen molar-refractivity contribution in [2.24, 2.45) is 5.92 Å². The quantitative estimate of drug-likeness (QED) is 0.520. The Balaban J connectivity index is 0.00000117. The van der Waals surface area contributed by atoms with Gasteiger partial charge in [0.15, 0.2) is 5.78 Å². The van der Waals surface area contributed by atoms with E-state index in [2.05, 4.69) is 17.4 Å². The number of fused-ring (bicyclic) bond motifs is 1. The number of benzene rings is 2. The number of rotatable bonds is 5. The van der Waals surface area contributed by atoms with E-state index in [9.17, 15) is 9.59 Å². The van der Waals surface area contributed by atoms with E-state index in [4.69, 9.17) is 4.42 Å². The smallest absolute Gasteiger partial charge is 0.345 e. The van der Waals surface area contributed by atoms with E-state index in [1.54, 1.807) is 0 Å². The summed E-state index contributed by atoms with van der Waals surface area (Å²) in [5.74, 6) is 0.634. The van der Waals surface area contributed by atoms with Crippen LogP contribution in [0, 0.1) is 12.8 Å². The van der Waals surface area contributed by atoms with Gasteiger partial charge in [-0.2, -0.15) is 0 Å². The highest BCUT2D eigenvalue weighted by atomic mass is 16.4. The molecule has 2 aromatic carbocycles. The number of nitrogens with one attached hydrogen (secondary N) is 1. The molecule has 1 atom stereocenters. The highest BCUT2D eigenvalue weighted by molar-refractivity contribution is 6.10. The van der Waals surface area contributed by atoms with Crippen molar-refractivity contribution >= 4 is 22.4 Å². The van der Waals surface area contributed by atoms with Crippen LogP contribution in [0.25, 0.3) is 10.8 Å². The first-order valence-corrected chi connectivity index (χ1v) is 10.4. The Labute approximate surface area is 171 Å². The van der Waals surface area contributed by atoms with Crippen molar-refractivity contribution < 1.29 is 9.21 Å². The van der Waals surface area contributed by atoms with Crippen LogP contribution in [-0.4, -0.2) is 5.78 Å². The van der Waals surface area contributed by atoms with Crippen molar-refractivity contribution in [1.82, 2.24) is 0 Å². The van der Waals surface area contributed by atoms with Crippen LogP contribution < -0.4 is 10.9 Å². The van der Waals surface area contributed by atoms with Crippen molar-refractivity contribution in [3.63, 3.8) is 0 Å². The maximum atomic E-state index is 12.6. The molecule has 1 aliphatic carbocycles. The molecule has 0 amide bonds. The van der Waals surface area contributed by atoms with Crippen LogP contribution in [0.4, 0.5) is 5.88 Å². The van der Waals surface area contributed by atoms with Gasteiger partial charge in [-0.1, -0.05) is 68.8 Å². The molecule has 3 aromatic rings. The van der Waals surface area contributed by atoms with Gasteiger partial charge >= 0.3 is 5.63 Å². The predicted molar refractivity (Wildman–Crippen MR) is 119 cm³/mol. The van der Waals surface area contributed by atoms with E-state index < -0.39 is 5.63 Å². The fourth-order valence-corrected chi connectivity index (χ4v) is 3.96. The lowest BCUT2D eigenvalue weighted by molar-refractivity contribution is 0.101. The molecule has 152 valence electrons. The monoisotopic (exact) mass is 391 g/mol. The Morgan fingerprint density at radius 3 is 2.34 bits per heavy atom. The zero-order valence-corrected chi connectivity index (χ0v) is 17.6. The molecular weight excluding hydrogens is 362 g/mol. The van der Waals surface area contributed by atoms with Gasteiger partial charge in [0.2, 0.25) is 5.88 Å². The zero-order chi connectivity index (χ0) is 21.0. The number of Topliss-reactive ketones (excluding diaryl/α,β-unsaturated/α-hetero) is 1. The largest absolute Gasteiger partial charge is 0.405 e. The minimum Gasteiger partial charge on any atom is -0.405 e. The first-order chi connectivity index (χ1) is 14.1. The normalized spacial score (nSPS) is 14.5. The first-order valence-electron chi connectivity index (χ1n) is 10.4. The van der Waals surface area contributed by atoms with Gasteiger partial charge in [0.05, 0.1) is 17.0 Å². The number of hydrogen-bond donors (Lipinski definition) is 1. The van der Waals surface area contributed by atoms with Crippen molar-refractivity contribution in [3.05, 3.63) is 75.6 Å². The number of ketones is 1. The Bertz CT molecular complexity index is 1050. The highest BCUT2D eigenvalue weighted by Gasteiger charge is 2.30. The molecule has 29 heavy (non-hydrogen) atoms. The van der Waals surface area contributed by atoms with Gasteiger partial charge in [-0.15, -0.1) is 0 Å². The molecule has 1 fully saturated rings. The summed E-state index contributed by atoms with van der Waals surface area (Å²) in [6.07, 6.45) is 3.45. The SMILES string of the molecule is CC.CC(=O)c1c(NC(c2ccccc2)C2CCC2)oc(=O)c2c(C)cccc12. The summed E-state index contributed by atoms with van der Waals surface area (Å²) < 4.78 is 5.65. The fourth-order valence-electron chi connectivity index (χ4n) is 3.96. The van der Waals surface area contributed by atoms with Crippen LogP contribution in [0.3, 0.4) is 0 Å². The number of hydrogen-bond acceptors (Lipinski definition) is 4. The van der Waals surface area contributed by atoms with Gasteiger partial charge in [-0.3, -0.25) is 4.79 Å². The van der Waals surface area contributed by atoms with Crippen LogP contribution in [-0.2, 0) is 0 Å². The first kappa shape index (κ1) is 20.8. The fraction of sp³-hybridized carbons (Fsp3) is 0.360. The molecule has 1 N–H and O–H groups in total. The summed E-state index contributed by atoms with van der Waals surface area (Å²) >= 11 is 0. The molecule has 1 aromatic heterocycles. The third kappa shape index (κ3) is 4.12. The van der Waals surface area contributed by atoms with E-state index in [-0.39, 0.29) is 17.7 Å². The van der Waals surface area contributed by atoms with E-state index in [1.807, 2.05) is 57.2 Å². The topological polar surface area (TPSA) is 59.3 Å². The number of carbonyl (C=O) groups excluding carboxylic acids is 1. The molecule has 1 saturated carbocycles. The minimum atomic E-state index is -0.406. The molecule has 0 saturated heterocycles. The Morgan fingerprint density at radius 1 is 1.07 bits per heavy atom. The third-order valence-corrected chi connectivity index (χ3v) is 5.59. The van der Waals surface area contributed by atoms with Crippen LogP contribution in [0.2, 0.25) is 0 Å². The average Bonchev–Trinajstić information content (AvgIpc) is 2.68. The van der Waals surface area contributed by atoms with Gasteiger partial charge in [-0.05, 0) is 43.7 Å². The molecule has 4 heteroatoms. The van der Waals surface area contributed by atoms with Crippen LogP contribution in [0.1, 0.15) is 67.6 Å². The van der Waals surface area contributed by atoms with Crippen molar-refractivity contribution in [2.75, 3.05) is 5.32 Å². The predicted octanol–water partition coefficient (Wildman–Crippen LogP) is 6.28. The Hall–Kier alpha value is -2.88. The second-order valence-corrected chi connectivity index (χ2v) is 7.37. The second-order valence-electron chi connectivity index (χ2n) is 7.37. The maximum Gasteiger partial charge on any atom is 0.345 e. The summed E-state index contributed by atoms with van der Waals surface area (Å²) in [6, 6.07) is 15.7. The van der Waals surface area contributed by atoms with Gasteiger partial charge in [0.1, 0.15) is 0 Å². The van der Waals surface area contributed by atoms with Crippen LogP contribution in [0.15, 0.2) is 57.7 Å². The minimum absolute atomic E-state index is 0.0171. The van der Waals surface area contributed by atoms with Crippen molar-refractivity contribution in [3.8, 4) is 0 Å². The van der Waals surface area contributed by atoms with Crippen LogP contribution >= 0.6 is 0 Å². The summed E-state index contributed by atoms with van der Waals surface area (Å²) in [4.78, 5) is 25.1. The third-order valence-electron chi connectivity index (χ3n) is 5.59. The number of aryl methyl sites for hydroxylation is 1. The molecule has 4 rings (SSSR count). The summed E-state index contributed by atoms with van der Waals surface area (Å²) in [5, 5.41) is 4.55. The van der Waals surface area contributed by atoms with E-state index in [1.165, 1.54) is 13.3 Å². The van der Waals surface area contributed by atoms with Gasteiger partial charge in [0.25, 0.3) is 0 Å².